The number of hydrogen-bond donors (Lipinski definition) is 0. The van der Waals surface area contributed by atoms with Crippen molar-refractivity contribution in [3.05, 3.63) is 102 Å². The molecule has 0 saturated heterocycles. The van der Waals surface area contributed by atoms with Crippen LogP contribution in [0.25, 0.3) is 0 Å². The second-order valence-electron chi connectivity index (χ2n) is 8.65. The summed E-state index contributed by atoms with van der Waals surface area (Å²) < 4.78 is 5.72. The van der Waals surface area contributed by atoms with Crippen LogP contribution in [0.4, 0.5) is 0 Å². The molecule has 0 fully saturated rings. The van der Waals surface area contributed by atoms with Gasteiger partial charge in [0.15, 0.2) is 0 Å². The third-order valence-corrected chi connectivity index (χ3v) is 5.15. The maximum Gasteiger partial charge on any atom is 0.119 e. The lowest BCUT2D eigenvalue weighted by atomic mass is 9.93. The van der Waals surface area contributed by atoms with Gasteiger partial charge in [0, 0.05) is 12.5 Å². The summed E-state index contributed by atoms with van der Waals surface area (Å²) in [5.41, 5.74) is 4.12. The van der Waals surface area contributed by atoms with Crippen molar-refractivity contribution >= 4 is 0 Å². The molecule has 0 spiro atoms. The molecular formula is C31H45NO. The van der Waals surface area contributed by atoms with Crippen molar-refractivity contribution in [2.45, 2.75) is 59.3 Å². The standard InChI is InChI=1S/C18H23NO.C10H14.C3H8/c1-15(16-7-5-4-6-8-16)17-9-11-18(12-10-17)20-14-13-19(2)3;1-2-3-7-10-8-5-4-6-9-10;1-3-2/h4-12,15H,13-14H2,1-3H3;4-6,8-9H,2-3,7H2,1H3;3H2,1-2H3. The minimum atomic E-state index is 0.409. The predicted molar refractivity (Wildman–Crippen MR) is 145 cm³/mol. The third kappa shape index (κ3) is 12.9. The van der Waals surface area contributed by atoms with Crippen molar-refractivity contribution in [3.8, 4) is 5.75 Å². The number of nitrogens with zero attached hydrogens (tertiary/aromatic N) is 1. The summed E-state index contributed by atoms with van der Waals surface area (Å²) in [6.07, 6.45) is 5.08. The Morgan fingerprint density at radius 2 is 1.24 bits per heavy atom. The lowest BCUT2D eigenvalue weighted by molar-refractivity contribution is 0.261. The summed E-state index contributed by atoms with van der Waals surface area (Å²) in [6.45, 7) is 10.4. The van der Waals surface area contributed by atoms with Crippen LogP contribution in [-0.4, -0.2) is 32.1 Å². The molecule has 3 aromatic rings. The molecular weight excluding hydrogens is 402 g/mol. The van der Waals surface area contributed by atoms with Crippen molar-refractivity contribution < 1.29 is 4.74 Å². The number of ether oxygens (including phenoxy) is 1. The number of rotatable bonds is 9. The van der Waals surface area contributed by atoms with E-state index < -0.39 is 0 Å². The molecule has 0 aliphatic rings. The summed E-state index contributed by atoms with van der Waals surface area (Å²) in [5.74, 6) is 1.35. The third-order valence-electron chi connectivity index (χ3n) is 5.15. The summed E-state index contributed by atoms with van der Waals surface area (Å²) >= 11 is 0. The second kappa shape index (κ2) is 17.9. The highest BCUT2D eigenvalue weighted by molar-refractivity contribution is 5.35. The summed E-state index contributed by atoms with van der Waals surface area (Å²) in [7, 11) is 4.10. The largest absolute Gasteiger partial charge is 0.492 e. The van der Waals surface area contributed by atoms with Crippen molar-refractivity contribution in [3.63, 3.8) is 0 Å². The van der Waals surface area contributed by atoms with Gasteiger partial charge in [-0.1, -0.05) is 113 Å². The van der Waals surface area contributed by atoms with Gasteiger partial charge in [-0.15, -0.1) is 0 Å². The van der Waals surface area contributed by atoms with Gasteiger partial charge in [0.05, 0.1) is 0 Å². The van der Waals surface area contributed by atoms with Crippen LogP contribution < -0.4 is 4.74 Å². The highest BCUT2D eigenvalue weighted by Gasteiger charge is 2.07. The Morgan fingerprint density at radius 1 is 0.727 bits per heavy atom. The van der Waals surface area contributed by atoms with Gasteiger partial charge in [0.25, 0.3) is 0 Å². The van der Waals surface area contributed by atoms with Gasteiger partial charge in [0.2, 0.25) is 0 Å². The second-order valence-corrected chi connectivity index (χ2v) is 8.65. The Kier molecular flexibility index (Phi) is 15.4. The summed E-state index contributed by atoms with van der Waals surface area (Å²) in [5, 5.41) is 0. The van der Waals surface area contributed by atoms with E-state index in [1.165, 1.54) is 42.4 Å². The molecule has 180 valence electrons. The van der Waals surface area contributed by atoms with E-state index in [-0.39, 0.29) is 0 Å². The van der Waals surface area contributed by atoms with Crippen LogP contribution in [0.5, 0.6) is 5.75 Å². The first-order chi connectivity index (χ1) is 16.0. The maximum atomic E-state index is 5.72. The fourth-order valence-corrected chi connectivity index (χ4v) is 3.16. The molecule has 1 atom stereocenters. The van der Waals surface area contributed by atoms with Gasteiger partial charge in [-0.05, 0) is 55.8 Å². The smallest absolute Gasteiger partial charge is 0.119 e. The molecule has 3 aromatic carbocycles. The zero-order valence-electron chi connectivity index (χ0n) is 21.8. The van der Waals surface area contributed by atoms with Gasteiger partial charge in [0.1, 0.15) is 12.4 Å². The fraction of sp³-hybridized carbons (Fsp3) is 0.419. The van der Waals surface area contributed by atoms with Gasteiger partial charge in [-0.25, -0.2) is 0 Å². The Hall–Kier alpha value is -2.58. The Bertz CT molecular complexity index is 813. The van der Waals surface area contributed by atoms with Crippen LogP contribution in [0.1, 0.15) is 69.6 Å². The Labute approximate surface area is 203 Å². The lowest BCUT2D eigenvalue weighted by Crippen LogP contribution is -2.19. The first-order valence-corrected chi connectivity index (χ1v) is 12.5. The van der Waals surface area contributed by atoms with Gasteiger partial charge >= 0.3 is 0 Å². The molecule has 0 heterocycles. The van der Waals surface area contributed by atoms with Gasteiger partial charge < -0.3 is 9.64 Å². The van der Waals surface area contributed by atoms with Crippen molar-refractivity contribution in [2.24, 2.45) is 0 Å². The quantitative estimate of drug-likeness (QED) is 0.327. The molecule has 0 aliphatic carbocycles. The van der Waals surface area contributed by atoms with Crippen molar-refractivity contribution in [1.82, 2.24) is 4.90 Å². The SMILES string of the molecule is CC(c1ccccc1)c1ccc(OCCN(C)C)cc1.CCC.CCCCc1ccccc1. The summed E-state index contributed by atoms with van der Waals surface area (Å²) in [4.78, 5) is 2.12. The van der Waals surface area contributed by atoms with Crippen LogP contribution in [0.3, 0.4) is 0 Å². The lowest BCUT2D eigenvalue weighted by Gasteiger charge is -2.14. The molecule has 3 rings (SSSR count). The van der Waals surface area contributed by atoms with E-state index in [0.717, 1.165) is 18.9 Å². The van der Waals surface area contributed by atoms with Gasteiger partial charge in [-0.3, -0.25) is 0 Å². The topological polar surface area (TPSA) is 12.5 Å². The molecule has 0 saturated carbocycles. The normalized spacial score (nSPS) is 11.0. The summed E-state index contributed by atoms with van der Waals surface area (Å²) in [6, 6.07) is 29.7. The minimum Gasteiger partial charge on any atom is -0.492 e. The number of benzene rings is 3. The molecule has 0 amide bonds. The van der Waals surface area contributed by atoms with Crippen LogP contribution in [0.15, 0.2) is 84.9 Å². The number of aryl methyl sites for hydroxylation is 1. The number of hydrogen-bond acceptors (Lipinski definition) is 2. The van der Waals surface area contributed by atoms with E-state index in [1.807, 2.05) is 14.1 Å². The van der Waals surface area contributed by atoms with E-state index in [2.05, 4.69) is 118 Å². The Morgan fingerprint density at radius 3 is 1.76 bits per heavy atom. The molecule has 2 heteroatoms. The zero-order valence-corrected chi connectivity index (χ0v) is 21.8. The Balaban J connectivity index is 0.000000349. The van der Waals surface area contributed by atoms with E-state index in [4.69, 9.17) is 4.74 Å². The number of likely N-dealkylation sites (N-methyl/N-ethyl adjacent to an activating group) is 1. The van der Waals surface area contributed by atoms with Crippen molar-refractivity contribution in [2.75, 3.05) is 27.2 Å². The van der Waals surface area contributed by atoms with Crippen molar-refractivity contribution in [1.29, 1.82) is 0 Å². The average molecular weight is 448 g/mol. The van der Waals surface area contributed by atoms with Crippen LogP contribution >= 0.6 is 0 Å². The fourth-order valence-electron chi connectivity index (χ4n) is 3.16. The monoisotopic (exact) mass is 447 g/mol. The molecule has 0 bridgehead atoms. The molecule has 33 heavy (non-hydrogen) atoms. The van der Waals surface area contributed by atoms with E-state index >= 15 is 0 Å². The first-order valence-electron chi connectivity index (χ1n) is 12.5. The molecule has 2 nitrogen and oxygen atoms in total. The molecule has 1 unspecified atom stereocenters. The highest BCUT2D eigenvalue weighted by atomic mass is 16.5. The predicted octanol–water partition coefficient (Wildman–Crippen LogP) is 8.22. The molecule has 0 radical (unpaired) electrons. The van der Waals surface area contributed by atoms with Crippen LogP contribution in [-0.2, 0) is 6.42 Å². The molecule has 0 aromatic heterocycles. The minimum absolute atomic E-state index is 0.409. The maximum absolute atomic E-state index is 5.72. The highest BCUT2D eigenvalue weighted by Crippen LogP contribution is 2.25. The van der Waals surface area contributed by atoms with Crippen LogP contribution in [0, 0.1) is 0 Å². The van der Waals surface area contributed by atoms with E-state index in [1.54, 1.807) is 0 Å². The number of unbranched alkanes of at least 4 members (excludes halogenated alkanes) is 1. The van der Waals surface area contributed by atoms with Gasteiger partial charge in [-0.2, -0.15) is 0 Å². The van der Waals surface area contributed by atoms with E-state index in [0.29, 0.717) is 5.92 Å². The van der Waals surface area contributed by atoms with E-state index in [9.17, 15) is 0 Å². The first kappa shape index (κ1) is 28.5. The average Bonchev–Trinajstić information content (AvgIpc) is 2.85. The molecule has 0 aliphatic heterocycles. The molecule has 0 N–H and O–H groups in total. The zero-order chi connectivity index (χ0) is 24.3. The van der Waals surface area contributed by atoms with Crippen LogP contribution in [0.2, 0.25) is 0 Å².